The highest BCUT2D eigenvalue weighted by Gasteiger charge is 2.24. The summed E-state index contributed by atoms with van der Waals surface area (Å²) in [7, 11) is 0. The molecule has 0 bridgehead atoms. The first-order valence-electron chi connectivity index (χ1n) is 12.7. The summed E-state index contributed by atoms with van der Waals surface area (Å²) >= 11 is 0. The Morgan fingerprint density at radius 3 is 1.75 bits per heavy atom. The summed E-state index contributed by atoms with van der Waals surface area (Å²) in [6, 6.07) is 4.80. The predicted octanol–water partition coefficient (Wildman–Crippen LogP) is 7.79. The fraction of sp³-hybridized carbons (Fsp3) is 0.607. The first-order valence-corrected chi connectivity index (χ1v) is 12.7. The van der Waals surface area contributed by atoms with Crippen molar-refractivity contribution in [2.45, 2.75) is 110 Å². The number of esters is 1. The van der Waals surface area contributed by atoms with E-state index in [0.717, 1.165) is 19.3 Å². The zero-order valence-corrected chi connectivity index (χ0v) is 19.8. The summed E-state index contributed by atoms with van der Waals surface area (Å²) < 4.78 is 5.40. The zero-order chi connectivity index (χ0) is 23.0. The maximum atomic E-state index is 12.2. The molecule has 2 rings (SSSR count). The molecule has 0 aromatic heterocycles. The van der Waals surface area contributed by atoms with Gasteiger partial charge in [-0.1, -0.05) is 109 Å². The summed E-state index contributed by atoms with van der Waals surface area (Å²) in [6.07, 6.45) is 22.0. The number of carbonyl (C=O) groups excluding carboxylic acids is 3. The lowest BCUT2D eigenvalue weighted by atomic mass is 9.94. The van der Waals surface area contributed by atoms with Gasteiger partial charge in [0.25, 0.3) is 0 Å². The van der Waals surface area contributed by atoms with Crippen LogP contribution in [0, 0.1) is 0 Å². The van der Waals surface area contributed by atoms with Gasteiger partial charge in [0, 0.05) is 12.0 Å². The van der Waals surface area contributed by atoms with Gasteiger partial charge in [0.05, 0.1) is 5.56 Å². The third kappa shape index (κ3) is 9.50. The van der Waals surface area contributed by atoms with Crippen LogP contribution in [0.25, 0.3) is 0 Å². The predicted molar refractivity (Wildman–Crippen MR) is 129 cm³/mol. The minimum absolute atomic E-state index is 0.191. The molecule has 0 N–H and O–H groups in total. The lowest BCUT2D eigenvalue weighted by Crippen LogP contribution is -2.16. The number of ketones is 2. The van der Waals surface area contributed by atoms with Gasteiger partial charge in [-0.15, -0.1) is 0 Å². The van der Waals surface area contributed by atoms with E-state index in [9.17, 15) is 14.4 Å². The summed E-state index contributed by atoms with van der Waals surface area (Å²) in [4.78, 5) is 36.2. The monoisotopic (exact) mass is 440 g/mol. The molecule has 0 saturated carbocycles. The molecule has 1 aromatic rings. The molecule has 1 aliphatic carbocycles. The Morgan fingerprint density at radius 2 is 1.19 bits per heavy atom. The molecule has 1 aliphatic rings. The molecule has 32 heavy (non-hydrogen) atoms. The number of unbranched alkanes of at least 4 members (excludes halogenated alkanes) is 14. The van der Waals surface area contributed by atoms with E-state index in [-0.39, 0.29) is 28.8 Å². The molecular weight excluding hydrogens is 400 g/mol. The van der Waals surface area contributed by atoms with Crippen molar-refractivity contribution >= 4 is 17.5 Å². The van der Waals surface area contributed by atoms with E-state index in [0.29, 0.717) is 12.0 Å². The Kier molecular flexibility index (Phi) is 12.6. The van der Waals surface area contributed by atoms with E-state index >= 15 is 0 Å². The number of ether oxygens (including phenoxy) is 1. The Hall–Kier alpha value is -2.23. The Bertz CT molecular complexity index is 763. The van der Waals surface area contributed by atoms with E-state index in [1.165, 1.54) is 89.2 Å². The Labute approximate surface area is 193 Å². The van der Waals surface area contributed by atoms with Crippen LogP contribution in [0.3, 0.4) is 0 Å². The van der Waals surface area contributed by atoms with E-state index < -0.39 is 0 Å². The number of fused-ring (bicyclic) bond motifs is 1. The lowest BCUT2D eigenvalue weighted by Gasteiger charge is -2.13. The average molecular weight is 441 g/mol. The number of rotatable bonds is 17. The van der Waals surface area contributed by atoms with Crippen molar-refractivity contribution in [1.82, 2.24) is 0 Å². The zero-order valence-electron chi connectivity index (χ0n) is 19.8. The van der Waals surface area contributed by atoms with Crippen LogP contribution in [-0.4, -0.2) is 17.5 Å². The normalized spacial score (nSPS) is 12.8. The molecule has 0 radical (unpaired) electrons. The second-order valence-corrected chi connectivity index (χ2v) is 8.91. The highest BCUT2D eigenvalue weighted by atomic mass is 16.5. The van der Waals surface area contributed by atoms with Crippen LogP contribution in [0.2, 0.25) is 0 Å². The largest absolute Gasteiger partial charge is 0.426 e. The summed E-state index contributed by atoms with van der Waals surface area (Å²) in [5, 5.41) is 0. The first-order chi connectivity index (χ1) is 15.6. The van der Waals surface area contributed by atoms with Gasteiger partial charge >= 0.3 is 5.97 Å². The number of allylic oxidation sites excluding steroid dienone is 2. The van der Waals surface area contributed by atoms with Gasteiger partial charge < -0.3 is 4.74 Å². The van der Waals surface area contributed by atoms with Crippen LogP contribution in [0.1, 0.15) is 130 Å². The van der Waals surface area contributed by atoms with Crippen molar-refractivity contribution in [1.29, 1.82) is 0 Å². The summed E-state index contributed by atoms with van der Waals surface area (Å²) in [5.41, 5.74) is 0.500. The molecule has 176 valence electrons. The quantitative estimate of drug-likeness (QED) is 0.141. The van der Waals surface area contributed by atoms with Gasteiger partial charge in [-0.2, -0.15) is 0 Å². The Morgan fingerprint density at radius 1 is 0.688 bits per heavy atom. The number of hydrogen-bond acceptors (Lipinski definition) is 4. The van der Waals surface area contributed by atoms with Gasteiger partial charge in [-0.05, 0) is 24.6 Å². The number of carbonyl (C=O) groups is 3. The lowest BCUT2D eigenvalue weighted by molar-refractivity contribution is -0.134. The molecule has 0 fully saturated rings. The van der Waals surface area contributed by atoms with Crippen molar-refractivity contribution in [3.05, 3.63) is 41.5 Å². The molecule has 0 aliphatic heterocycles. The van der Waals surface area contributed by atoms with Gasteiger partial charge in [-0.25, -0.2) is 0 Å². The molecule has 0 saturated heterocycles. The first kappa shape index (κ1) is 26.0. The molecule has 4 nitrogen and oxygen atoms in total. The summed E-state index contributed by atoms with van der Waals surface area (Å²) in [5.74, 6) is -0.686. The van der Waals surface area contributed by atoms with E-state index in [2.05, 4.69) is 6.92 Å². The van der Waals surface area contributed by atoms with Gasteiger partial charge in [0.1, 0.15) is 5.75 Å². The minimum Gasteiger partial charge on any atom is -0.426 e. The van der Waals surface area contributed by atoms with Crippen molar-refractivity contribution < 1.29 is 19.1 Å². The fourth-order valence-corrected chi connectivity index (χ4v) is 4.21. The molecule has 0 heterocycles. The van der Waals surface area contributed by atoms with Gasteiger partial charge in [-0.3, -0.25) is 14.4 Å². The maximum Gasteiger partial charge on any atom is 0.311 e. The second-order valence-electron chi connectivity index (χ2n) is 8.91. The smallest absolute Gasteiger partial charge is 0.311 e. The molecule has 0 atom stereocenters. The molecule has 0 spiro atoms. The maximum absolute atomic E-state index is 12.2. The summed E-state index contributed by atoms with van der Waals surface area (Å²) in [6.45, 7) is 2.26. The fourth-order valence-electron chi connectivity index (χ4n) is 4.21. The molecular formula is C28H40O4. The third-order valence-corrected chi connectivity index (χ3v) is 6.13. The van der Waals surface area contributed by atoms with Gasteiger partial charge in [0.2, 0.25) is 0 Å². The van der Waals surface area contributed by atoms with E-state index in [4.69, 9.17) is 4.74 Å². The molecule has 4 heteroatoms. The topological polar surface area (TPSA) is 60.4 Å². The highest BCUT2D eigenvalue weighted by Crippen LogP contribution is 2.27. The number of benzene rings is 1. The SMILES string of the molecule is CCCCCCCCCCCCCCCCCC(=O)Oc1cccc2c1C(=O)C=CC2=O. The molecule has 0 unspecified atom stereocenters. The average Bonchev–Trinajstić information content (AvgIpc) is 2.79. The highest BCUT2D eigenvalue weighted by molar-refractivity contribution is 6.23. The van der Waals surface area contributed by atoms with Crippen molar-refractivity contribution in [2.75, 3.05) is 0 Å². The standard InChI is InChI=1S/C28H40O4/c1-2-3-4-5-6-7-8-9-10-11-12-13-14-15-16-20-27(31)32-26-19-17-18-23-24(29)21-22-25(30)28(23)26/h17-19,21-22H,2-16,20H2,1H3. The van der Waals surface area contributed by atoms with Crippen LogP contribution >= 0.6 is 0 Å². The van der Waals surface area contributed by atoms with Crippen LogP contribution in [0.5, 0.6) is 5.75 Å². The minimum atomic E-state index is -0.345. The third-order valence-electron chi connectivity index (χ3n) is 6.13. The van der Waals surface area contributed by atoms with Crippen LogP contribution in [0.4, 0.5) is 0 Å². The Balaban J connectivity index is 1.48. The van der Waals surface area contributed by atoms with Crippen LogP contribution < -0.4 is 4.74 Å². The van der Waals surface area contributed by atoms with Gasteiger partial charge in [0.15, 0.2) is 11.6 Å². The van der Waals surface area contributed by atoms with Crippen LogP contribution in [-0.2, 0) is 4.79 Å². The molecule has 1 aromatic carbocycles. The molecule has 0 amide bonds. The second kappa shape index (κ2) is 15.6. The number of hydrogen-bond donors (Lipinski definition) is 0. The van der Waals surface area contributed by atoms with E-state index in [1.54, 1.807) is 18.2 Å². The van der Waals surface area contributed by atoms with Crippen molar-refractivity contribution in [3.63, 3.8) is 0 Å². The van der Waals surface area contributed by atoms with E-state index in [1.807, 2.05) is 0 Å². The van der Waals surface area contributed by atoms with Crippen molar-refractivity contribution in [3.8, 4) is 5.75 Å². The van der Waals surface area contributed by atoms with Crippen molar-refractivity contribution in [2.24, 2.45) is 0 Å². The van der Waals surface area contributed by atoms with Crippen LogP contribution in [0.15, 0.2) is 30.4 Å².